The van der Waals surface area contributed by atoms with Crippen molar-refractivity contribution in [3.63, 3.8) is 0 Å². The Hall–Kier alpha value is -5.24. The number of hydrogen-bond donors (Lipinski definition) is 1. The van der Waals surface area contributed by atoms with E-state index in [1.54, 1.807) is 12.1 Å². The Bertz CT molecular complexity index is 1630. The molecule has 216 valence electrons. The van der Waals surface area contributed by atoms with Crippen LogP contribution in [0.5, 0.6) is 11.6 Å². The molecule has 42 heavy (non-hydrogen) atoms. The van der Waals surface area contributed by atoms with E-state index in [0.717, 1.165) is 6.20 Å². The van der Waals surface area contributed by atoms with Crippen LogP contribution in [0.2, 0.25) is 0 Å². The molecule has 9 nitrogen and oxygen atoms in total. The predicted octanol–water partition coefficient (Wildman–Crippen LogP) is 5.36. The molecule has 3 heterocycles. The number of pyridine rings is 1. The Labute approximate surface area is 242 Å². The molecule has 0 fully saturated rings. The van der Waals surface area contributed by atoms with Crippen LogP contribution in [0.3, 0.4) is 0 Å². The number of carbonyl (C=O) groups is 2. The smallest absolute Gasteiger partial charge is 0.299 e. The molecule has 2 aromatic heterocycles. The number of ether oxygens (including phenoxy) is 2. The SMILES string of the molecule is C#Cc1cc(C(=O)Nc2cnn3c2C(=O)N(c2ccc(C(F)(F)c4ccc(OC)nc4)cc2)CC3)ccc1OC.CC. The van der Waals surface area contributed by atoms with Crippen LogP contribution in [0.25, 0.3) is 0 Å². The highest BCUT2D eigenvalue weighted by Crippen LogP contribution is 2.37. The maximum atomic E-state index is 15.1. The van der Waals surface area contributed by atoms with Crippen LogP contribution in [0.15, 0.2) is 67.0 Å². The second-order valence-electron chi connectivity index (χ2n) is 8.81. The molecule has 0 radical (unpaired) electrons. The Balaban J connectivity index is 0.00000198. The van der Waals surface area contributed by atoms with Crippen molar-refractivity contribution in [2.45, 2.75) is 26.3 Å². The minimum Gasteiger partial charge on any atom is -0.495 e. The summed E-state index contributed by atoms with van der Waals surface area (Å²) in [4.78, 5) is 31.7. The maximum Gasteiger partial charge on any atom is 0.299 e. The summed E-state index contributed by atoms with van der Waals surface area (Å²) >= 11 is 0. The lowest BCUT2D eigenvalue weighted by Crippen LogP contribution is -2.41. The van der Waals surface area contributed by atoms with Gasteiger partial charge in [-0.05, 0) is 36.4 Å². The first-order chi connectivity index (χ1) is 20.3. The number of methoxy groups -OCH3 is 2. The molecule has 0 unspecified atom stereocenters. The van der Waals surface area contributed by atoms with E-state index >= 15 is 8.78 Å². The van der Waals surface area contributed by atoms with Gasteiger partial charge in [0.25, 0.3) is 17.7 Å². The van der Waals surface area contributed by atoms with Gasteiger partial charge in [0.15, 0.2) is 0 Å². The summed E-state index contributed by atoms with van der Waals surface area (Å²) in [5.41, 5.74) is 0.957. The number of rotatable bonds is 7. The zero-order valence-corrected chi connectivity index (χ0v) is 23.5. The van der Waals surface area contributed by atoms with E-state index in [9.17, 15) is 9.59 Å². The van der Waals surface area contributed by atoms with E-state index in [1.807, 2.05) is 13.8 Å². The van der Waals surface area contributed by atoms with Crippen LogP contribution in [0.1, 0.15) is 51.4 Å². The summed E-state index contributed by atoms with van der Waals surface area (Å²) in [6.07, 6.45) is 7.97. The van der Waals surface area contributed by atoms with Crippen LogP contribution >= 0.6 is 0 Å². The van der Waals surface area contributed by atoms with Gasteiger partial charge in [-0.25, -0.2) is 4.98 Å². The molecular formula is C31H29F2N5O4. The van der Waals surface area contributed by atoms with Crippen LogP contribution in [0, 0.1) is 12.3 Å². The summed E-state index contributed by atoms with van der Waals surface area (Å²) in [7, 11) is 2.88. The van der Waals surface area contributed by atoms with Gasteiger partial charge < -0.3 is 19.7 Å². The number of anilines is 2. The Kier molecular flexibility index (Phi) is 8.86. The molecule has 1 aliphatic rings. The molecule has 5 rings (SSSR count). The van der Waals surface area contributed by atoms with E-state index in [0.29, 0.717) is 23.5 Å². The topological polar surface area (TPSA) is 98.6 Å². The maximum absolute atomic E-state index is 15.1. The first-order valence-electron chi connectivity index (χ1n) is 13.1. The third-order valence-electron chi connectivity index (χ3n) is 6.54. The molecule has 1 aliphatic heterocycles. The number of nitrogens with zero attached hydrogens (tertiary/aromatic N) is 4. The van der Waals surface area contributed by atoms with Gasteiger partial charge in [0.1, 0.15) is 11.4 Å². The number of nitrogens with one attached hydrogen (secondary N) is 1. The molecule has 2 amide bonds. The molecule has 0 bridgehead atoms. The lowest BCUT2D eigenvalue weighted by Gasteiger charge is -2.28. The summed E-state index contributed by atoms with van der Waals surface area (Å²) in [5.74, 6) is -1.07. The van der Waals surface area contributed by atoms with E-state index in [4.69, 9.17) is 15.9 Å². The highest BCUT2D eigenvalue weighted by atomic mass is 19.3. The summed E-state index contributed by atoms with van der Waals surface area (Å²) in [6, 6.07) is 12.7. The van der Waals surface area contributed by atoms with Gasteiger partial charge >= 0.3 is 0 Å². The Morgan fingerprint density at radius 2 is 1.71 bits per heavy atom. The van der Waals surface area contributed by atoms with Crippen molar-refractivity contribution in [3.05, 3.63) is 94.9 Å². The lowest BCUT2D eigenvalue weighted by atomic mass is 10.0. The quantitative estimate of drug-likeness (QED) is 0.299. The lowest BCUT2D eigenvalue weighted by molar-refractivity contribution is 0.0424. The van der Waals surface area contributed by atoms with E-state index < -0.39 is 17.7 Å². The van der Waals surface area contributed by atoms with Gasteiger partial charge in [0, 0.05) is 41.2 Å². The summed E-state index contributed by atoms with van der Waals surface area (Å²) < 4.78 is 41.8. The third-order valence-corrected chi connectivity index (χ3v) is 6.54. The number of alkyl halides is 2. The fourth-order valence-corrected chi connectivity index (χ4v) is 4.40. The first-order valence-corrected chi connectivity index (χ1v) is 13.1. The second kappa shape index (κ2) is 12.5. The number of aromatic nitrogens is 3. The standard InChI is InChI=1S/C29H23F2N5O4.C2H6/c1-4-18-15-19(5-11-24(18)39-2)27(37)34-23-17-33-36-14-13-35(28(38)26(23)36)22-9-6-20(7-10-22)29(30,31)21-8-12-25(40-3)32-16-21;1-2/h1,5-12,15-17H,13-14H2,2-3H3,(H,34,37);1-2H3. The molecule has 0 atom stereocenters. The van der Waals surface area contributed by atoms with E-state index in [-0.39, 0.29) is 40.5 Å². The van der Waals surface area contributed by atoms with E-state index in [2.05, 4.69) is 21.3 Å². The van der Waals surface area contributed by atoms with Crippen molar-refractivity contribution in [2.24, 2.45) is 0 Å². The number of benzene rings is 2. The van der Waals surface area contributed by atoms with Crippen LogP contribution in [-0.4, -0.2) is 47.3 Å². The zero-order chi connectivity index (χ0) is 30.4. The Morgan fingerprint density at radius 3 is 2.33 bits per heavy atom. The molecule has 2 aromatic carbocycles. The van der Waals surface area contributed by atoms with Crippen molar-refractivity contribution in [3.8, 4) is 24.0 Å². The summed E-state index contributed by atoms with van der Waals surface area (Å²) in [5, 5.41) is 6.94. The van der Waals surface area contributed by atoms with Gasteiger partial charge in [0.2, 0.25) is 5.88 Å². The third kappa shape index (κ3) is 5.65. The van der Waals surface area contributed by atoms with Crippen molar-refractivity contribution in [2.75, 3.05) is 31.0 Å². The van der Waals surface area contributed by atoms with Crippen LogP contribution in [0.4, 0.5) is 20.2 Å². The van der Waals surface area contributed by atoms with E-state index in [1.165, 1.54) is 72.5 Å². The Morgan fingerprint density at radius 1 is 1.00 bits per heavy atom. The fourth-order valence-electron chi connectivity index (χ4n) is 4.40. The molecular weight excluding hydrogens is 544 g/mol. The van der Waals surface area contributed by atoms with Crippen LogP contribution in [-0.2, 0) is 12.5 Å². The average Bonchev–Trinajstić information content (AvgIpc) is 3.45. The second-order valence-corrected chi connectivity index (χ2v) is 8.81. The number of halogens is 2. The fraction of sp³-hybridized carbons (Fsp3) is 0.226. The average molecular weight is 574 g/mol. The molecule has 0 saturated heterocycles. The number of fused-ring (bicyclic) bond motifs is 1. The minimum absolute atomic E-state index is 0.170. The predicted molar refractivity (Wildman–Crippen MR) is 154 cm³/mol. The van der Waals surface area contributed by atoms with Gasteiger partial charge in [-0.3, -0.25) is 14.3 Å². The number of terminal acetylenes is 1. The zero-order valence-electron chi connectivity index (χ0n) is 23.5. The van der Waals surface area contributed by atoms with Gasteiger partial charge in [-0.15, -0.1) is 6.42 Å². The van der Waals surface area contributed by atoms with Crippen molar-refractivity contribution >= 4 is 23.2 Å². The minimum atomic E-state index is -3.31. The number of amides is 2. The molecule has 4 aromatic rings. The summed E-state index contributed by atoms with van der Waals surface area (Å²) in [6.45, 7) is 4.61. The molecule has 0 aliphatic carbocycles. The molecule has 0 saturated carbocycles. The normalized spacial score (nSPS) is 12.4. The molecule has 0 spiro atoms. The number of hydrogen-bond acceptors (Lipinski definition) is 6. The first kappa shape index (κ1) is 29.7. The number of carbonyl (C=O) groups excluding carboxylic acids is 2. The monoisotopic (exact) mass is 573 g/mol. The molecule has 11 heteroatoms. The van der Waals surface area contributed by atoms with Gasteiger partial charge in [-0.1, -0.05) is 31.9 Å². The molecule has 1 N–H and O–H groups in total. The van der Waals surface area contributed by atoms with Crippen molar-refractivity contribution in [1.82, 2.24) is 14.8 Å². The highest BCUT2D eigenvalue weighted by Gasteiger charge is 2.35. The van der Waals surface area contributed by atoms with Crippen molar-refractivity contribution < 1.29 is 27.8 Å². The van der Waals surface area contributed by atoms with Crippen molar-refractivity contribution in [1.29, 1.82) is 0 Å². The van der Waals surface area contributed by atoms with Crippen LogP contribution < -0.4 is 19.7 Å². The van der Waals surface area contributed by atoms with Gasteiger partial charge in [0.05, 0.1) is 38.2 Å². The van der Waals surface area contributed by atoms with Gasteiger partial charge in [-0.2, -0.15) is 13.9 Å². The largest absolute Gasteiger partial charge is 0.495 e. The highest BCUT2D eigenvalue weighted by molar-refractivity contribution is 6.13.